The van der Waals surface area contributed by atoms with E-state index in [0.29, 0.717) is 32.0 Å². The zero-order valence-electron chi connectivity index (χ0n) is 17.4. The van der Waals surface area contributed by atoms with Gasteiger partial charge >= 0.3 is 12.2 Å². The zero-order chi connectivity index (χ0) is 22.7. The van der Waals surface area contributed by atoms with Gasteiger partial charge in [0.15, 0.2) is 0 Å². The summed E-state index contributed by atoms with van der Waals surface area (Å²) in [5, 5.41) is 3.06. The minimum Gasteiger partial charge on any atom is -0.356 e. The Balaban J connectivity index is 1.25. The first-order valence-corrected chi connectivity index (χ1v) is 10.9. The number of nitrogens with one attached hydrogen (secondary N) is 1. The van der Waals surface area contributed by atoms with Gasteiger partial charge in [-0.2, -0.15) is 13.2 Å². The lowest BCUT2D eigenvalue weighted by molar-refractivity contribution is -0.137. The maximum atomic E-state index is 12.8. The summed E-state index contributed by atoms with van der Waals surface area (Å²) >= 11 is 6.05. The van der Waals surface area contributed by atoms with Crippen LogP contribution in [0.2, 0.25) is 5.02 Å². The summed E-state index contributed by atoms with van der Waals surface area (Å²) in [4.78, 5) is 26.7. The molecule has 2 fully saturated rings. The molecule has 2 aromatic rings. The van der Waals surface area contributed by atoms with Gasteiger partial charge in [0.2, 0.25) is 0 Å². The van der Waals surface area contributed by atoms with Crippen molar-refractivity contribution in [2.24, 2.45) is 0 Å². The van der Waals surface area contributed by atoms with Gasteiger partial charge < -0.3 is 20.0 Å². The molecule has 2 aliphatic rings. The molecule has 0 unspecified atom stereocenters. The first kappa shape index (κ1) is 22.4. The summed E-state index contributed by atoms with van der Waals surface area (Å²) < 4.78 is 38.4. The van der Waals surface area contributed by atoms with Gasteiger partial charge in [-0.15, -0.1) is 0 Å². The average Bonchev–Trinajstić information content (AvgIpc) is 2.79. The molecule has 11 heteroatoms. The summed E-state index contributed by atoms with van der Waals surface area (Å²) in [6.45, 7) is 3.43. The van der Waals surface area contributed by atoms with Crippen molar-refractivity contribution in [2.75, 3.05) is 49.1 Å². The van der Waals surface area contributed by atoms with Gasteiger partial charge in [-0.1, -0.05) is 17.7 Å². The highest BCUT2D eigenvalue weighted by atomic mass is 35.5. The second kappa shape index (κ2) is 9.40. The van der Waals surface area contributed by atoms with Gasteiger partial charge in [-0.3, -0.25) is 0 Å². The molecule has 4 heterocycles. The molecule has 32 heavy (non-hydrogen) atoms. The topological polar surface area (TPSA) is 64.6 Å². The third kappa shape index (κ3) is 5.17. The molecule has 2 aromatic heterocycles. The Morgan fingerprint density at radius 2 is 1.75 bits per heavy atom. The molecule has 7 nitrogen and oxygen atoms in total. The van der Waals surface area contributed by atoms with E-state index in [1.807, 2.05) is 18.2 Å². The summed E-state index contributed by atoms with van der Waals surface area (Å²) in [6.07, 6.45) is -0.242. The Hall–Kier alpha value is -2.75. The average molecular weight is 469 g/mol. The highest BCUT2D eigenvalue weighted by molar-refractivity contribution is 6.33. The molecule has 172 valence electrons. The standard InChI is InChI=1S/C21H24ClF3N6O/c22-17-13-15(21(23,24)25)14-27-19(17)30-9-11-31(12-10-30)20(32)28-16-4-7-29(8-5-16)18-3-1-2-6-26-18/h1-3,6,13-14,16H,4-5,7-12H2,(H,28,32). The summed E-state index contributed by atoms with van der Waals surface area (Å²) in [7, 11) is 0. The lowest BCUT2D eigenvalue weighted by Gasteiger charge is -2.38. The Labute approximate surface area is 189 Å². The van der Waals surface area contributed by atoms with Crippen LogP contribution in [0, 0.1) is 0 Å². The molecule has 0 aromatic carbocycles. The van der Waals surface area contributed by atoms with E-state index in [-0.39, 0.29) is 17.1 Å². The number of anilines is 2. The molecule has 0 spiro atoms. The maximum absolute atomic E-state index is 12.8. The van der Waals surface area contributed by atoms with Crippen molar-refractivity contribution < 1.29 is 18.0 Å². The van der Waals surface area contributed by atoms with Crippen molar-refractivity contribution in [3.63, 3.8) is 0 Å². The van der Waals surface area contributed by atoms with E-state index in [1.165, 1.54) is 0 Å². The van der Waals surface area contributed by atoms with Crippen LogP contribution in [-0.4, -0.2) is 66.2 Å². The number of amides is 2. The molecular weight excluding hydrogens is 445 g/mol. The normalized spacial score (nSPS) is 18.1. The van der Waals surface area contributed by atoms with E-state index in [0.717, 1.165) is 44.0 Å². The predicted molar refractivity (Wildman–Crippen MR) is 116 cm³/mol. The summed E-state index contributed by atoms with van der Waals surface area (Å²) in [5.74, 6) is 1.26. The number of piperazine rings is 1. The number of carbonyl (C=O) groups excluding carboxylic acids is 1. The van der Waals surface area contributed by atoms with Crippen molar-refractivity contribution in [3.8, 4) is 0 Å². The van der Waals surface area contributed by atoms with Crippen LogP contribution in [-0.2, 0) is 6.18 Å². The van der Waals surface area contributed by atoms with Crippen LogP contribution in [0.15, 0.2) is 36.7 Å². The number of alkyl halides is 3. The van der Waals surface area contributed by atoms with E-state index < -0.39 is 11.7 Å². The molecule has 0 bridgehead atoms. The predicted octanol–water partition coefficient (Wildman–Crippen LogP) is 3.65. The molecule has 0 radical (unpaired) electrons. The Morgan fingerprint density at radius 1 is 1.03 bits per heavy atom. The van der Waals surface area contributed by atoms with E-state index >= 15 is 0 Å². The van der Waals surface area contributed by atoms with Crippen molar-refractivity contribution in [1.29, 1.82) is 0 Å². The minimum absolute atomic E-state index is 0.0441. The number of pyridine rings is 2. The minimum atomic E-state index is -4.49. The second-order valence-electron chi connectivity index (χ2n) is 7.90. The highest BCUT2D eigenvalue weighted by Gasteiger charge is 2.33. The Morgan fingerprint density at radius 3 is 2.34 bits per heavy atom. The fourth-order valence-electron chi connectivity index (χ4n) is 4.00. The molecular formula is C21H24ClF3N6O. The first-order chi connectivity index (χ1) is 15.3. The van der Waals surface area contributed by atoms with Gasteiger partial charge in [0, 0.05) is 57.7 Å². The fourth-order valence-corrected chi connectivity index (χ4v) is 4.29. The SMILES string of the molecule is O=C(NC1CCN(c2ccccn2)CC1)N1CCN(c2ncc(C(F)(F)F)cc2Cl)CC1. The fraction of sp³-hybridized carbons (Fsp3) is 0.476. The van der Waals surface area contributed by atoms with E-state index in [4.69, 9.17) is 11.6 Å². The molecule has 1 N–H and O–H groups in total. The van der Waals surface area contributed by atoms with Gasteiger partial charge in [-0.25, -0.2) is 14.8 Å². The van der Waals surface area contributed by atoms with Crippen LogP contribution in [0.4, 0.5) is 29.6 Å². The van der Waals surface area contributed by atoms with Crippen LogP contribution in [0.1, 0.15) is 18.4 Å². The van der Waals surface area contributed by atoms with Crippen molar-refractivity contribution in [1.82, 2.24) is 20.2 Å². The van der Waals surface area contributed by atoms with Crippen LogP contribution < -0.4 is 15.1 Å². The van der Waals surface area contributed by atoms with Gasteiger partial charge in [0.1, 0.15) is 11.6 Å². The van der Waals surface area contributed by atoms with Crippen molar-refractivity contribution >= 4 is 29.3 Å². The maximum Gasteiger partial charge on any atom is 0.417 e. The number of rotatable bonds is 3. The van der Waals surface area contributed by atoms with Crippen molar-refractivity contribution in [2.45, 2.75) is 25.1 Å². The third-order valence-corrected chi connectivity index (χ3v) is 6.09. The number of halogens is 4. The quantitative estimate of drug-likeness (QED) is 0.745. The zero-order valence-corrected chi connectivity index (χ0v) is 18.1. The third-order valence-electron chi connectivity index (χ3n) is 5.81. The van der Waals surface area contributed by atoms with Crippen LogP contribution in [0.5, 0.6) is 0 Å². The lowest BCUT2D eigenvalue weighted by Crippen LogP contribution is -2.55. The number of hydrogen-bond acceptors (Lipinski definition) is 5. The smallest absolute Gasteiger partial charge is 0.356 e. The summed E-state index contributed by atoms with van der Waals surface area (Å²) in [6, 6.07) is 6.70. The van der Waals surface area contributed by atoms with Gasteiger partial charge in [0.05, 0.1) is 10.6 Å². The number of aromatic nitrogens is 2. The molecule has 0 saturated carbocycles. The number of nitrogens with zero attached hydrogens (tertiary/aromatic N) is 5. The first-order valence-electron chi connectivity index (χ1n) is 10.5. The highest BCUT2D eigenvalue weighted by Crippen LogP contribution is 2.33. The number of hydrogen-bond donors (Lipinski definition) is 1. The van der Waals surface area contributed by atoms with Crippen LogP contribution >= 0.6 is 11.6 Å². The van der Waals surface area contributed by atoms with Crippen LogP contribution in [0.25, 0.3) is 0 Å². The monoisotopic (exact) mass is 468 g/mol. The van der Waals surface area contributed by atoms with Crippen molar-refractivity contribution in [3.05, 3.63) is 47.2 Å². The van der Waals surface area contributed by atoms with Crippen LogP contribution in [0.3, 0.4) is 0 Å². The number of piperidine rings is 1. The Bertz CT molecular complexity index is 929. The van der Waals surface area contributed by atoms with Gasteiger partial charge in [0.25, 0.3) is 0 Å². The molecule has 2 saturated heterocycles. The van der Waals surface area contributed by atoms with E-state index in [9.17, 15) is 18.0 Å². The number of carbonyl (C=O) groups is 1. The van der Waals surface area contributed by atoms with E-state index in [1.54, 1.807) is 16.0 Å². The molecule has 4 rings (SSSR count). The molecule has 2 aliphatic heterocycles. The second-order valence-corrected chi connectivity index (χ2v) is 8.31. The number of urea groups is 1. The largest absolute Gasteiger partial charge is 0.417 e. The molecule has 0 aliphatic carbocycles. The Kier molecular flexibility index (Phi) is 6.59. The van der Waals surface area contributed by atoms with Gasteiger partial charge in [-0.05, 0) is 31.0 Å². The summed E-state index contributed by atoms with van der Waals surface area (Å²) in [5.41, 5.74) is -0.877. The lowest BCUT2D eigenvalue weighted by atomic mass is 10.1. The van der Waals surface area contributed by atoms with E-state index in [2.05, 4.69) is 20.2 Å². The molecule has 2 amide bonds. The molecule has 0 atom stereocenters.